The molecule has 0 spiro atoms. The number of amides is 2. The molecule has 0 bridgehead atoms. The van der Waals surface area contributed by atoms with Crippen LogP contribution < -0.4 is 10.6 Å². The maximum Gasteiger partial charge on any atom is 0.315 e. The summed E-state index contributed by atoms with van der Waals surface area (Å²) < 4.78 is 19.8. The van der Waals surface area contributed by atoms with Crippen molar-refractivity contribution in [3.63, 3.8) is 0 Å². The zero-order valence-electron chi connectivity index (χ0n) is 18.0. The van der Waals surface area contributed by atoms with E-state index >= 15 is 0 Å². The van der Waals surface area contributed by atoms with Crippen molar-refractivity contribution in [2.75, 3.05) is 39.5 Å². The third-order valence-electron chi connectivity index (χ3n) is 3.71. The summed E-state index contributed by atoms with van der Waals surface area (Å²) in [7, 11) is 0. The Morgan fingerprint density at radius 1 is 0.645 bits per heavy atom. The van der Waals surface area contributed by atoms with Crippen molar-refractivity contribution in [2.45, 2.75) is 44.9 Å². The zero-order valence-corrected chi connectivity index (χ0v) is 18.0. The summed E-state index contributed by atoms with van der Waals surface area (Å²) in [6.45, 7) is 8.70. The van der Waals surface area contributed by atoms with Crippen molar-refractivity contribution in [1.29, 1.82) is 0 Å². The summed E-state index contributed by atoms with van der Waals surface area (Å²) in [5, 5.41) is 5.08. The van der Waals surface area contributed by atoms with Crippen LogP contribution in [0.25, 0.3) is 0 Å². The zero-order chi connectivity index (χ0) is 23.2. The van der Waals surface area contributed by atoms with Crippen LogP contribution in [0.1, 0.15) is 44.9 Å². The van der Waals surface area contributed by atoms with E-state index in [1.807, 2.05) is 0 Å². The molecule has 0 heterocycles. The van der Waals surface area contributed by atoms with E-state index in [-0.39, 0.29) is 51.5 Å². The summed E-state index contributed by atoms with van der Waals surface area (Å²) >= 11 is 0. The Morgan fingerprint density at radius 3 is 1.68 bits per heavy atom. The Morgan fingerprint density at radius 2 is 1.13 bits per heavy atom. The van der Waals surface area contributed by atoms with Crippen molar-refractivity contribution in [1.82, 2.24) is 10.6 Å². The first kappa shape index (κ1) is 28.0. The minimum atomic E-state index is -0.613. The Hall–Kier alpha value is -3.04. The number of hydrogen-bond acceptors (Lipinski definition) is 8. The fourth-order valence-electron chi connectivity index (χ4n) is 2.14. The molecule has 0 saturated carbocycles. The van der Waals surface area contributed by atoms with Gasteiger partial charge in [0.2, 0.25) is 11.8 Å². The molecule has 176 valence electrons. The van der Waals surface area contributed by atoms with E-state index in [1.165, 1.54) is 12.5 Å². The third-order valence-corrected chi connectivity index (χ3v) is 3.71. The summed E-state index contributed by atoms with van der Waals surface area (Å²) in [4.78, 5) is 46.4. The van der Waals surface area contributed by atoms with Crippen LogP contribution >= 0.6 is 0 Å². The van der Waals surface area contributed by atoms with Crippen LogP contribution in [0.5, 0.6) is 0 Å². The highest BCUT2D eigenvalue weighted by molar-refractivity contribution is 5.94. The predicted molar refractivity (Wildman–Crippen MR) is 113 cm³/mol. The molecule has 0 saturated heterocycles. The minimum Gasteiger partial charge on any atom is -0.502 e. The Kier molecular flexibility index (Phi) is 18.3. The number of carbonyl (C=O) groups is 4. The molecule has 0 fully saturated rings. The standard InChI is InChI=1S/C21H34N2O8/c1-3-28-13-5-7-15-30-20(26)10-9-18(24)22-11-12-23-19(25)17-21(27)31-16-8-6-14-29-4-2/h3-4H,1-2,5-17H2,(H,22,24)(H,23,25). The maximum absolute atomic E-state index is 11.7. The van der Waals surface area contributed by atoms with Crippen molar-refractivity contribution in [3.8, 4) is 0 Å². The Bertz CT molecular complexity index is 566. The normalized spacial score (nSPS) is 9.81. The molecule has 0 aliphatic carbocycles. The molecule has 10 nitrogen and oxygen atoms in total. The van der Waals surface area contributed by atoms with E-state index in [0.29, 0.717) is 32.5 Å². The number of carbonyl (C=O) groups excluding carboxylic acids is 4. The van der Waals surface area contributed by atoms with Gasteiger partial charge in [0.15, 0.2) is 0 Å². The quantitative estimate of drug-likeness (QED) is 0.125. The second-order valence-corrected chi connectivity index (χ2v) is 6.31. The Labute approximate surface area is 183 Å². The number of nitrogens with one attached hydrogen (secondary N) is 2. The molecule has 0 aliphatic heterocycles. The van der Waals surface area contributed by atoms with Gasteiger partial charge in [0.1, 0.15) is 6.42 Å². The van der Waals surface area contributed by atoms with E-state index in [9.17, 15) is 19.2 Å². The van der Waals surface area contributed by atoms with Crippen LogP contribution in [0.3, 0.4) is 0 Å². The first-order valence-electron chi connectivity index (χ1n) is 10.3. The molecule has 2 N–H and O–H groups in total. The number of rotatable bonds is 20. The molecule has 0 aromatic carbocycles. The van der Waals surface area contributed by atoms with Gasteiger partial charge in [-0.05, 0) is 25.7 Å². The summed E-state index contributed by atoms with van der Waals surface area (Å²) in [5.74, 6) is -1.88. The van der Waals surface area contributed by atoms with Gasteiger partial charge in [-0.2, -0.15) is 0 Å². The molecule has 2 amide bonds. The fraction of sp³-hybridized carbons (Fsp3) is 0.619. The smallest absolute Gasteiger partial charge is 0.315 e. The van der Waals surface area contributed by atoms with E-state index in [1.54, 1.807) is 0 Å². The van der Waals surface area contributed by atoms with Gasteiger partial charge in [-0.25, -0.2) is 0 Å². The molecular weight excluding hydrogens is 408 g/mol. The lowest BCUT2D eigenvalue weighted by molar-refractivity contribution is -0.147. The highest BCUT2D eigenvalue weighted by Crippen LogP contribution is 1.97. The van der Waals surface area contributed by atoms with Crippen molar-refractivity contribution < 1.29 is 38.1 Å². The fourth-order valence-corrected chi connectivity index (χ4v) is 2.14. The largest absolute Gasteiger partial charge is 0.502 e. The van der Waals surface area contributed by atoms with E-state index < -0.39 is 17.8 Å². The average molecular weight is 443 g/mol. The molecule has 31 heavy (non-hydrogen) atoms. The molecule has 0 radical (unpaired) electrons. The van der Waals surface area contributed by atoms with Gasteiger partial charge >= 0.3 is 11.9 Å². The van der Waals surface area contributed by atoms with Crippen LogP contribution in [-0.4, -0.2) is 63.3 Å². The molecule has 0 unspecified atom stereocenters. The van der Waals surface area contributed by atoms with Crippen LogP contribution in [0.15, 0.2) is 25.7 Å². The van der Waals surface area contributed by atoms with Crippen molar-refractivity contribution in [3.05, 3.63) is 25.7 Å². The van der Waals surface area contributed by atoms with Gasteiger partial charge in [-0.3, -0.25) is 19.2 Å². The van der Waals surface area contributed by atoms with Gasteiger partial charge in [-0.15, -0.1) is 0 Å². The lowest BCUT2D eigenvalue weighted by Gasteiger charge is -2.08. The van der Waals surface area contributed by atoms with Gasteiger partial charge < -0.3 is 29.6 Å². The van der Waals surface area contributed by atoms with Gasteiger partial charge in [0.05, 0.1) is 45.4 Å². The summed E-state index contributed by atoms with van der Waals surface area (Å²) in [5.41, 5.74) is 0. The molecule has 0 atom stereocenters. The van der Waals surface area contributed by atoms with Gasteiger partial charge in [-0.1, -0.05) is 13.2 Å². The second kappa shape index (κ2) is 20.2. The van der Waals surface area contributed by atoms with E-state index in [2.05, 4.69) is 23.8 Å². The molecule has 0 rings (SSSR count). The first-order valence-corrected chi connectivity index (χ1v) is 10.3. The molecule has 0 aromatic rings. The topological polar surface area (TPSA) is 129 Å². The van der Waals surface area contributed by atoms with Crippen molar-refractivity contribution in [2.24, 2.45) is 0 Å². The summed E-state index contributed by atoms with van der Waals surface area (Å²) in [6, 6.07) is 0. The lowest BCUT2D eigenvalue weighted by atomic mass is 10.3. The average Bonchev–Trinajstić information content (AvgIpc) is 2.74. The SMILES string of the molecule is C=COCCCCOC(=O)CCC(=O)NCCNC(=O)CC(=O)OCCCCOC=C. The highest BCUT2D eigenvalue weighted by atomic mass is 16.5. The van der Waals surface area contributed by atoms with Crippen LogP contribution in [0.4, 0.5) is 0 Å². The Balaban J connectivity index is 3.60. The minimum absolute atomic E-state index is 0.00345. The van der Waals surface area contributed by atoms with E-state index in [4.69, 9.17) is 18.9 Å². The van der Waals surface area contributed by atoms with Gasteiger partial charge in [0, 0.05) is 19.5 Å². The number of unbranched alkanes of at least 4 members (excludes halogenated alkanes) is 2. The van der Waals surface area contributed by atoms with Crippen LogP contribution in [-0.2, 0) is 38.1 Å². The molecular formula is C21H34N2O8. The second-order valence-electron chi connectivity index (χ2n) is 6.31. The molecule has 10 heteroatoms. The maximum atomic E-state index is 11.7. The van der Waals surface area contributed by atoms with Crippen molar-refractivity contribution >= 4 is 23.8 Å². The predicted octanol–water partition coefficient (Wildman–Crippen LogP) is 1.36. The van der Waals surface area contributed by atoms with Gasteiger partial charge in [0.25, 0.3) is 0 Å². The molecule has 0 aromatic heterocycles. The monoisotopic (exact) mass is 442 g/mol. The summed E-state index contributed by atoms with van der Waals surface area (Å²) in [6.07, 6.45) is 5.05. The lowest BCUT2D eigenvalue weighted by Crippen LogP contribution is -2.35. The molecule has 0 aliphatic rings. The first-order chi connectivity index (χ1) is 15.0. The van der Waals surface area contributed by atoms with Crippen LogP contribution in [0.2, 0.25) is 0 Å². The number of hydrogen-bond donors (Lipinski definition) is 2. The highest BCUT2D eigenvalue weighted by Gasteiger charge is 2.11. The van der Waals surface area contributed by atoms with Crippen LogP contribution in [0, 0.1) is 0 Å². The third kappa shape index (κ3) is 20.0. The number of esters is 2. The van der Waals surface area contributed by atoms with E-state index in [0.717, 1.165) is 6.42 Å². The number of ether oxygens (including phenoxy) is 4.